The van der Waals surface area contributed by atoms with Gasteiger partial charge < -0.3 is 5.32 Å². The molecule has 7 nitrogen and oxygen atoms in total. The van der Waals surface area contributed by atoms with Crippen LogP contribution in [0.15, 0.2) is 42.5 Å². The van der Waals surface area contributed by atoms with Crippen molar-refractivity contribution in [1.29, 1.82) is 0 Å². The monoisotopic (exact) mass is 469 g/mol. The Labute approximate surface area is 195 Å². The zero-order valence-electron chi connectivity index (χ0n) is 17.8. The van der Waals surface area contributed by atoms with E-state index in [-0.39, 0.29) is 30.3 Å². The van der Waals surface area contributed by atoms with E-state index < -0.39 is 5.41 Å². The van der Waals surface area contributed by atoms with Gasteiger partial charge in [-0.05, 0) is 62.2 Å². The van der Waals surface area contributed by atoms with Crippen LogP contribution in [0.2, 0.25) is 10.0 Å². The summed E-state index contributed by atoms with van der Waals surface area (Å²) in [6.07, 6.45) is -0.0363. The predicted octanol–water partition coefficient (Wildman–Crippen LogP) is 4.58. The van der Waals surface area contributed by atoms with Crippen LogP contribution in [0, 0.1) is 0 Å². The van der Waals surface area contributed by atoms with E-state index in [0.29, 0.717) is 32.8 Å². The van der Waals surface area contributed by atoms with Gasteiger partial charge in [-0.3, -0.25) is 14.5 Å². The molecular formula is C23H21Cl2N5O2. The smallest absolute Gasteiger partial charge is 0.241 e. The van der Waals surface area contributed by atoms with Crippen molar-refractivity contribution < 1.29 is 9.59 Å². The molecule has 0 bridgehead atoms. The van der Waals surface area contributed by atoms with Crippen LogP contribution in [0.1, 0.15) is 50.1 Å². The summed E-state index contributed by atoms with van der Waals surface area (Å²) >= 11 is 12.3. The molecule has 0 fully saturated rings. The first kappa shape index (κ1) is 21.0. The maximum atomic E-state index is 13.5. The second-order valence-corrected chi connectivity index (χ2v) is 9.39. The summed E-state index contributed by atoms with van der Waals surface area (Å²) in [5.74, 6) is 0.0722. The molecular weight excluding hydrogens is 449 g/mol. The summed E-state index contributed by atoms with van der Waals surface area (Å²) in [6.45, 7) is 5.84. The highest BCUT2D eigenvalue weighted by Gasteiger charge is 2.58. The van der Waals surface area contributed by atoms with Crippen LogP contribution in [-0.4, -0.2) is 32.9 Å². The van der Waals surface area contributed by atoms with Gasteiger partial charge in [0.05, 0.1) is 12.5 Å². The number of benzene rings is 2. The zero-order chi connectivity index (χ0) is 22.8. The Morgan fingerprint density at radius 3 is 2.41 bits per heavy atom. The number of hydrogen-bond donors (Lipinski definition) is 1. The first-order valence-corrected chi connectivity index (χ1v) is 11.1. The summed E-state index contributed by atoms with van der Waals surface area (Å²) in [6, 6.07) is 12.3. The van der Waals surface area contributed by atoms with Gasteiger partial charge in [-0.1, -0.05) is 40.5 Å². The van der Waals surface area contributed by atoms with Crippen molar-refractivity contribution in [3.63, 3.8) is 0 Å². The van der Waals surface area contributed by atoms with Crippen molar-refractivity contribution in [2.24, 2.45) is 0 Å². The summed E-state index contributed by atoms with van der Waals surface area (Å²) < 4.78 is 1.72. The van der Waals surface area contributed by atoms with Gasteiger partial charge in [0.25, 0.3) is 0 Å². The van der Waals surface area contributed by atoms with E-state index in [2.05, 4.69) is 15.6 Å². The van der Waals surface area contributed by atoms with E-state index in [1.54, 1.807) is 27.8 Å². The molecule has 2 amide bonds. The molecule has 2 aliphatic rings. The molecule has 1 aromatic heterocycles. The molecule has 9 heteroatoms. The normalized spacial score (nSPS) is 20.5. The third-order valence-corrected chi connectivity index (χ3v) is 6.79. The Morgan fingerprint density at radius 1 is 1.03 bits per heavy atom. The fourth-order valence-electron chi connectivity index (χ4n) is 4.72. The van der Waals surface area contributed by atoms with E-state index >= 15 is 0 Å². The lowest BCUT2D eigenvalue weighted by molar-refractivity contribution is -0.126. The molecule has 3 aromatic rings. The summed E-state index contributed by atoms with van der Waals surface area (Å²) in [4.78, 5) is 28.5. The molecule has 0 radical (unpaired) electrons. The van der Waals surface area contributed by atoms with E-state index in [4.69, 9.17) is 23.2 Å². The maximum absolute atomic E-state index is 13.5. The van der Waals surface area contributed by atoms with Crippen LogP contribution in [0.5, 0.6) is 0 Å². The van der Waals surface area contributed by atoms with Crippen molar-refractivity contribution >= 4 is 46.5 Å². The minimum absolute atomic E-state index is 0.0363. The topological polar surface area (TPSA) is 80.1 Å². The van der Waals surface area contributed by atoms with Crippen LogP contribution in [0.4, 0.5) is 11.5 Å². The summed E-state index contributed by atoms with van der Waals surface area (Å²) in [5.41, 5.74) is 1.44. The van der Waals surface area contributed by atoms with Crippen LogP contribution >= 0.6 is 23.2 Å². The Bertz CT molecular complexity index is 1250. The van der Waals surface area contributed by atoms with Gasteiger partial charge in [0.2, 0.25) is 11.8 Å². The highest BCUT2D eigenvalue weighted by molar-refractivity contribution is 6.31. The first-order chi connectivity index (χ1) is 15.2. The molecule has 1 spiro atoms. The molecule has 5 rings (SSSR count). The van der Waals surface area contributed by atoms with Gasteiger partial charge >= 0.3 is 0 Å². The third kappa shape index (κ3) is 2.88. The predicted molar refractivity (Wildman–Crippen MR) is 123 cm³/mol. The second-order valence-electron chi connectivity index (χ2n) is 8.52. The van der Waals surface area contributed by atoms with Gasteiger partial charge in [0.1, 0.15) is 11.1 Å². The lowest BCUT2D eigenvalue weighted by atomic mass is 9.73. The van der Waals surface area contributed by atoms with Crippen LogP contribution in [0.25, 0.3) is 0 Å². The number of halogens is 2. The van der Waals surface area contributed by atoms with Crippen molar-refractivity contribution in [3.8, 4) is 0 Å². The van der Waals surface area contributed by atoms with Crippen molar-refractivity contribution in [2.75, 3.05) is 10.2 Å². The summed E-state index contributed by atoms with van der Waals surface area (Å²) in [5, 5.41) is 13.0. The van der Waals surface area contributed by atoms with Crippen molar-refractivity contribution in [1.82, 2.24) is 15.0 Å². The number of nitrogens with one attached hydrogen (secondary N) is 1. The minimum atomic E-state index is -1.27. The Kier molecular flexibility index (Phi) is 4.80. The highest BCUT2D eigenvalue weighted by atomic mass is 35.5. The van der Waals surface area contributed by atoms with Crippen LogP contribution in [0.3, 0.4) is 0 Å². The number of rotatable bonds is 3. The Hall–Kier alpha value is -2.90. The number of aromatic nitrogens is 3. The highest BCUT2D eigenvalue weighted by Crippen LogP contribution is 2.51. The third-order valence-electron chi connectivity index (χ3n) is 6.30. The molecule has 3 heterocycles. The van der Waals surface area contributed by atoms with Crippen molar-refractivity contribution in [3.05, 3.63) is 69.3 Å². The van der Waals surface area contributed by atoms with Gasteiger partial charge in [0, 0.05) is 21.8 Å². The van der Waals surface area contributed by atoms with Gasteiger partial charge in [-0.25, -0.2) is 4.68 Å². The minimum Gasteiger partial charge on any atom is -0.325 e. The van der Waals surface area contributed by atoms with E-state index in [1.165, 1.54) is 0 Å². The van der Waals surface area contributed by atoms with Crippen LogP contribution in [-0.2, 0) is 15.0 Å². The van der Waals surface area contributed by atoms with Gasteiger partial charge in [-0.2, -0.15) is 0 Å². The number of nitrogens with zero attached hydrogens (tertiary/aromatic N) is 4. The molecule has 1 N–H and O–H groups in total. The van der Waals surface area contributed by atoms with E-state index in [0.717, 1.165) is 5.56 Å². The molecule has 0 aliphatic carbocycles. The zero-order valence-corrected chi connectivity index (χ0v) is 19.3. The Morgan fingerprint density at radius 2 is 1.72 bits per heavy atom. The number of carbonyl (C=O) groups excluding carboxylic acids is 2. The average molecular weight is 470 g/mol. The number of fused-ring (bicyclic) bond motifs is 4. The first-order valence-electron chi connectivity index (χ1n) is 10.4. The lowest BCUT2D eigenvalue weighted by Gasteiger charge is -2.38. The van der Waals surface area contributed by atoms with Crippen LogP contribution < -0.4 is 10.2 Å². The molecule has 0 saturated heterocycles. The summed E-state index contributed by atoms with van der Waals surface area (Å²) in [7, 11) is 0. The Balaban J connectivity index is 1.75. The number of hydrogen-bond acceptors (Lipinski definition) is 4. The van der Waals surface area contributed by atoms with Gasteiger partial charge in [0.15, 0.2) is 5.82 Å². The molecule has 2 aromatic carbocycles. The SMILES string of the molecule is CC(C)N1C(=O)C[C@]2(C(=O)Nc3ccc(Cl)cc32)c2nnn([C@@H](C)c3ccc(Cl)cc3)c21. The fraction of sp³-hybridized carbons (Fsp3) is 0.304. The van der Waals surface area contributed by atoms with Crippen molar-refractivity contribution in [2.45, 2.75) is 44.7 Å². The van der Waals surface area contributed by atoms with E-state index in [1.807, 2.05) is 45.0 Å². The standard InChI is InChI=1S/C23H21Cl2N5O2/c1-12(2)29-19(31)11-23(17-10-16(25)8-9-18(17)26-22(23)32)20-21(29)30(28-27-20)13(3)14-4-6-15(24)7-5-14/h4-10,12-13H,11H2,1-3H3,(H,26,32)/t13-,23+/m0/s1. The maximum Gasteiger partial charge on any atom is 0.241 e. The number of amides is 2. The second kappa shape index (κ2) is 7.32. The largest absolute Gasteiger partial charge is 0.325 e. The lowest BCUT2D eigenvalue weighted by Crippen LogP contribution is -2.51. The molecule has 0 saturated carbocycles. The quantitative estimate of drug-likeness (QED) is 0.608. The van der Waals surface area contributed by atoms with Gasteiger partial charge in [-0.15, -0.1) is 5.10 Å². The molecule has 164 valence electrons. The molecule has 2 atom stereocenters. The molecule has 2 aliphatic heterocycles. The number of carbonyl (C=O) groups is 2. The fourth-order valence-corrected chi connectivity index (χ4v) is 5.02. The molecule has 0 unspecified atom stereocenters. The average Bonchev–Trinajstić information content (AvgIpc) is 3.29. The molecule has 32 heavy (non-hydrogen) atoms. The number of anilines is 2. The van der Waals surface area contributed by atoms with E-state index in [9.17, 15) is 9.59 Å².